The van der Waals surface area contributed by atoms with E-state index in [2.05, 4.69) is 64.9 Å². The van der Waals surface area contributed by atoms with Crippen molar-refractivity contribution < 1.29 is 19.4 Å². The van der Waals surface area contributed by atoms with Gasteiger partial charge in [0.15, 0.2) is 6.29 Å². The van der Waals surface area contributed by atoms with Crippen LogP contribution in [0.15, 0.2) is 103 Å². The predicted octanol–water partition coefficient (Wildman–Crippen LogP) is 7.12. The molecular formula is C39H45N3O4. The molecule has 0 bridgehead atoms. The predicted molar refractivity (Wildman–Crippen MR) is 181 cm³/mol. The van der Waals surface area contributed by atoms with E-state index in [1.54, 1.807) is 0 Å². The molecule has 7 nitrogen and oxygen atoms in total. The van der Waals surface area contributed by atoms with Crippen molar-refractivity contribution in [3.05, 3.63) is 131 Å². The number of carbonyl (C=O) groups excluding carboxylic acids is 1. The Morgan fingerprint density at radius 3 is 2.17 bits per heavy atom. The van der Waals surface area contributed by atoms with E-state index >= 15 is 0 Å². The summed E-state index contributed by atoms with van der Waals surface area (Å²) in [6, 6.07) is 34.3. The van der Waals surface area contributed by atoms with Gasteiger partial charge in [0.25, 0.3) is 0 Å². The van der Waals surface area contributed by atoms with Crippen LogP contribution in [-0.2, 0) is 29.2 Å². The number of likely N-dealkylation sites (tertiary alicyclic amines) is 1. The van der Waals surface area contributed by atoms with Gasteiger partial charge in [0, 0.05) is 31.1 Å². The first-order chi connectivity index (χ1) is 22.6. The monoisotopic (exact) mass is 619 g/mol. The van der Waals surface area contributed by atoms with Gasteiger partial charge in [-0.3, -0.25) is 0 Å². The summed E-state index contributed by atoms with van der Waals surface area (Å²) in [6.07, 6.45) is 3.19. The Bertz CT molecular complexity index is 1540. The molecule has 4 aromatic rings. The second kappa shape index (κ2) is 15.5. The Morgan fingerprint density at radius 1 is 0.761 bits per heavy atom. The third-order valence-electron chi connectivity index (χ3n) is 9.26. The number of piperidine rings is 1. The molecule has 2 saturated heterocycles. The summed E-state index contributed by atoms with van der Waals surface area (Å²) in [7, 11) is 0. The quantitative estimate of drug-likeness (QED) is 0.176. The minimum atomic E-state index is -0.493. The molecule has 2 fully saturated rings. The van der Waals surface area contributed by atoms with Crippen LogP contribution in [0.5, 0.6) is 0 Å². The van der Waals surface area contributed by atoms with Gasteiger partial charge in [-0.15, -0.1) is 0 Å². The van der Waals surface area contributed by atoms with Crippen LogP contribution in [0.3, 0.4) is 0 Å². The number of benzene rings is 4. The van der Waals surface area contributed by atoms with Crippen molar-refractivity contribution in [2.45, 2.75) is 64.4 Å². The van der Waals surface area contributed by atoms with E-state index in [4.69, 9.17) is 9.47 Å². The molecule has 240 valence electrons. The van der Waals surface area contributed by atoms with Crippen molar-refractivity contribution in [3.63, 3.8) is 0 Å². The lowest BCUT2D eigenvalue weighted by Gasteiger charge is -2.43. The molecule has 2 aliphatic heterocycles. The van der Waals surface area contributed by atoms with Gasteiger partial charge in [-0.1, -0.05) is 116 Å². The summed E-state index contributed by atoms with van der Waals surface area (Å²) in [5, 5.41) is 15.5. The van der Waals surface area contributed by atoms with Gasteiger partial charge >= 0.3 is 6.03 Å². The minimum Gasteiger partial charge on any atom is -0.392 e. The van der Waals surface area contributed by atoms with Crippen LogP contribution in [0.1, 0.15) is 66.4 Å². The molecule has 0 aliphatic carbocycles. The maximum atomic E-state index is 12.5. The van der Waals surface area contributed by atoms with Crippen molar-refractivity contribution >= 4 is 6.03 Å². The highest BCUT2D eigenvalue weighted by Gasteiger charge is 2.39. The highest BCUT2D eigenvalue weighted by atomic mass is 16.7. The zero-order valence-corrected chi connectivity index (χ0v) is 26.6. The number of amides is 2. The number of hydrogen-bond donors (Lipinski definition) is 3. The number of aliphatic hydroxyl groups excluding tert-OH is 1. The number of urea groups is 1. The smallest absolute Gasteiger partial charge is 0.315 e. The number of carbonyl (C=O) groups is 1. The molecule has 2 aliphatic rings. The van der Waals surface area contributed by atoms with Crippen LogP contribution < -0.4 is 10.6 Å². The lowest BCUT2D eigenvalue weighted by molar-refractivity contribution is -0.276. The second-order valence-electron chi connectivity index (χ2n) is 12.5. The number of nitrogens with zero attached hydrogens (tertiary/aromatic N) is 1. The summed E-state index contributed by atoms with van der Waals surface area (Å²) < 4.78 is 13.4. The van der Waals surface area contributed by atoms with E-state index in [0.29, 0.717) is 13.1 Å². The van der Waals surface area contributed by atoms with Crippen molar-refractivity contribution in [3.8, 4) is 11.1 Å². The molecule has 0 radical (unpaired) electrons. The molecule has 2 amide bonds. The number of ether oxygens (including phenoxy) is 2. The molecule has 6 rings (SSSR count). The van der Waals surface area contributed by atoms with Gasteiger partial charge < -0.3 is 30.1 Å². The molecule has 0 saturated carbocycles. The Kier molecular flexibility index (Phi) is 10.8. The number of hydrogen-bond acceptors (Lipinski definition) is 5. The maximum Gasteiger partial charge on any atom is 0.315 e. The molecule has 4 aromatic carbocycles. The average Bonchev–Trinajstić information content (AvgIpc) is 3.12. The standard InChI is InChI=1S/C39H45N3O4/c1-28-36(26-42-22-8-3-9-23-42)45-38(46-37(28)32-16-14-30(27-43)15-17-32)33-20-18-31(19-21-33)35-13-7-6-12-34(35)25-41-39(44)40-24-29-10-4-2-5-11-29/h2,4-7,10-21,28,36-38,43H,3,8-9,22-27H2,1H3,(H2,40,41,44)/t28-,36+,37+,38+/m0/s1. The van der Waals surface area contributed by atoms with Gasteiger partial charge in [-0.2, -0.15) is 0 Å². The van der Waals surface area contributed by atoms with Crippen molar-refractivity contribution in [2.75, 3.05) is 19.6 Å². The molecule has 0 spiro atoms. The molecule has 2 heterocycles. The first kappa shape index (κ1) is 32.0. The highest BCUT2D eigenvalue weighted by molar-refractivity contribution is 5.75. The van der Waals surface area contributed by atoms with Crippen molar-refractivity contribution in [1.82, 2.24) is 15.5 Å². The summed E-state index contributed by atoms with van der Waals surface area (Å²) in [6.45, 7) is 6.28. The Labute approximate surface area is 272 Å². The lowest BCUT2D eigenvalue weighted by atomic mass is 9.89. The van der Waals surface area contributed by atoms with E-state index in [0.717, 1.165) is 58.6 Å². The number of nitrogens with one attached hydrogen (secondary N) is 2. The first-order valence-corrected chi connectivity index (χ1v) is 16.5. The van der Waals surface area contributed by atoms with E-state index < -0.39 is 6.29 Å². The van der Waals surface area contributed by atoms with E-state index in [1.165, 1.54) is 19.3 Å². The number of rotatable bonds is 10. The van der Waals surface area contributed by atoms with Gasteiger partial charge in [0.05, 0.1) is 18.8 Å². The van der Waals surface area contributed by atoms with Gasteiger partial charge in [-0.05, 0) is 59.3 Å². The van der Waals surface area contributed by atoms with Crippen LogP contribution in [0, 0.1) is 5.92 Å². The molecule has 3 N–H and O–H groups in total. The molecule has 0 aromatic heterocycles. The third-order valence-corrected chi connectivity index (χ3v) is 9.26. The second-order valence-corrected chi connectivity index (χ2v) is 12.5. The fourth-order valence-electron chi connectivity index (χ4n) is 6.52. The van der Waals surface area contributed by atoms with E-state index in [9.17, 15) is 9.90 Å². The van der Waals surface area contributed by atoms with E-state index in [1.807, 2.05) is 60.7 Å². The van der Waals surface area contributed by atoms with Crippen molar-refractivity contribution in [1.29, 1.82) is 0 Å². The van der Waals surface area contributed by atoms with Crippen LogP contribution in [0.2, 0.25) is 0 Å². The van der Waals surface area contributed by atoms with Crippen LogP contribution >= 0.6 is 0 Å². The fraction of sp³-hybridized carbons (Fsp3) is 0.359. The Morgan fingerprint density at radius 2 is 1.43 bits per heavy atom. The van der Waals surface area contributed by atoms with Crippen molar-refractivity contribution in [2.24, 2.45) is 5.92 Å². The van der Waals surface area contributed by atoms with Crippen LogP contribution in [0.25, 0.3) is 11.1 Å². The summed E-state index contributed by atoms with van der Waals surface area (Å²) >= 11 is 0. The van der Waals surface area contributed by atoms with Gasteiger partial charge in [0.2, 0.25) is 0 Å². The largest absolute Gasteiger partial charge is 0.392 e. The Hall–Kier alpha value is -4.01. The topological polar surface area (TPSA) is 83.1 Å². The van der Waals surface area contributed by atoms with Gasteiger partial charge in [0.1, 0.15) is 0 Å². The average molecular weight is 620 g/mol. The lowest BCUT2D eigenvalue weighted by Crippen LogP contribution is -2.45. The summed E-state index contributed by atoms with van der Waals surface area (Å²) in [4.78, 5) is 15.1. The van der Waals surface area contributed by atoms with Gasteiger partial charge in [-0.25, -0.2) is 4.79 Å². The zero-order valence-electron chi connectivity index (χ0n) is 26.6. The third kappa shape index (κ3) is 8.03. The molecular weight excluding hydrogens is 574 g/mol. The highest BCUT2D eigenvalue weighted by Crippen LogP contribution is 2.42. The molecule has 46 heavy (non-hydrogen) atoms. The first-order valence-electron chi connectivity index (χ1n) is 16.5. The summed E-state index contributed by atoms with van der Waals surface area (Å²) in [5.74, 6) is 0.168. The fourth-order valence-corrected chi connectivity index (χ4v) is 6.52. The van der Waals surface area contributed by atoms with E-state index in [-0.39, 0.29) is 30.8 Å². The van der Waals surface area contributed by atoms with Crippen LogP contribution in [0.4, 0.5) is 4.79 Å². The summed E-state index contributed by atoms with van der Waals surface area (Å²) in [5.41, 5.74) is 7.21. The molecule has 4 atom stereocenters. The zero-order chi connectivity index (χ0) is 31.7. The normalized spacial score (nSPS) is 21.9. The molecule has 0 unspecified atom stereocenters. The van der Waals surface area contributed by atoms with Crippen LogP contribution in [-0.4, -0.2) is 41.8 Å². The SMILES string of the molecule is C[C@H]1[C@@H](CN2CCCCC2)O[C@@H](c2ccc(-c3ccccc3CNC(=O)NCc3ccccc3)cc2)O[C@H]1c1ccc(CO)cc1. The Balaban J connectivity index is 1.16. The molecule has 7 heteroatoms. The minimum absolute atomic E-state index is 0.0255. The maximum absolute atomic E-state index is 12.5. The number of aliphatic hydroxyl groups is 1.